The van der Waals surface area contributed by atoms with Gasteiger partial charge < -0.3 is 0 Å². The van der Waals surface area contributed by atoms with Crippen molar-refractivity contribution in [2.75, 3.05) is 0 Å². The highest BCUT2D eigenvalue weighted by molar-refractivity contribution is 5.08. The molecule has 0 aromatic rings. The van der Waals surface area contributed by atoms with Crippen molar-refractivity contribution in [1.29, 1.82) is 0 Å². The van der Waals surface area contributed by atoms with Crippen LogP contribution in [0.5, 0.6) is 0 Å². The molecule has 0 heteroatoms. The molecule has 0 saturated heterocycles. The van der Waals surface area contributed by atoms with E-state index in [0.717, 1.165) is 0 Å². The fourth-order valence-electron chi connectivity index (χ4n) is 5.11. The summed E-state index contributed by atoms with van der Waals surface area (Å²) in [5.74, 6) is 0. The molecule has 0 radical (unpaired) electrons. The Morgan fingerprint density at radius 1 is 0.325 bits per heavy atom. The number of rotatable bonds is 25. The van der Waals surface area contributed by atoms with Crippen LogP contribution in [0.25, 0.3) is 0 Å². The lowest BCUT2D eigenvalue weighted by molar-refractivity contribution is 0.564. The molecule has 0 unspecified atom stereocenters. The zero-order valence-corrected chi connectivity index (χ0v) is 28.6. The first-order chi connectivity index (χ1) is 19.2. The van der Waals surface area contributed by atoms with Crippen molar-refractivity contribution >= 4 is 0 Å². The summed E-state index contributed by atoms with van der Waals surface area (Å²) in [5, 5.41) is 0. The Balaban J connectivity index is 3.97. The maximum atomic E-state index is 2.49. The van der Waals surface area contributed by atoms with Crippen LogP contribution in [0.4, 0.5) is 0 Å². The van der Waals surface area contributed by atoms with Crippen LogP contribution in [-0.4, -0.2) is 0 Å². The zero-order chi connectivity index (χ0) is 29.8. The molecule has 0 aromatic carbocycles. The summed E-state index contributed by atoms with van der Waals surface area (Å²) in [7, 11) is 0. The lowest BCUT2D eigenvalue weighted by Crippen LogP contribution is -1.84. The first-order valence-electron chi connectivity index (χ1n) is 17.2. The minimum Gasteiger partial charge on any atom is -0.0856 e. The fourth-order valence-corrected chi connectivity index (χ4v) is 5.11. The summed E-state index contributed by atoms with van der Waals surface area (Å²) >= 11 is 0. The Kier molecular flexibility index (Phi) is 26.5. The molecule has 0 saturated carbocycles. The third kappa shape index (κ3) is 28.0. The molecule has 230 valence electrons. The Bertz CT molecular complexity index is 788. The van der Waals surface area contributed by atoms with Crippen LogP contribution in [-0.2, 0) is 0 Å². The Morgan fingerprint density at radius 3 is 1.00 bits per heavy atom. The third-order valence-corrected chi connectivity index (χ3v) is 8.01. The predicted molar refractivity (Wildman–Crippen MR) is 186 cm³/mol. The standard InChI is InChI=1S/C40H70/c1-9-10-11-12-13-14-15-16-17-25-36(4)29-21-33-40(8)34-23-31-38(6)27-19-18-26-37(5)30-22-32-39(7)28-20-24-35(2)3/h24,26-27,29,32,34H,9-23,25,28,30-31,33H2,1-8H3. The van der Waals surface area contributed by atoms with Gasteiger partial charge in [-0.05, 0) is 126 Å². The van der Waals surface area contributed by atoms with Gasteiger partial charge in [0.1, 0.15) is 0 Å². The van der Waals surface area contributed by atoms with Crippen LogP contribution >= 0.6 is 0 Å². The smallest absolute Gasteiger partial charge is 0.0288 e. The van der Waals surface area contributed by atoms with Crippen molar-refractivity contribution in [3.63, 3.8) is 0 Å². The molecule has 0 fully saturated rings. The minimum absolute atomic E-state index is 1.17. The topological polar surface area (TPSA) is 0 Å². The molecule has 0 N–H and O–H groups in total. The fraction of sp³-hybridized carbons (Fsp3) is 0.700. The van der Waals surface area contributed by atoms with Gasteiger partial charge in [0.05, 0.1) is 0 Å². The highest BCUT2D eigenvalue weighted by Gasteiger charge is 1.96. The van der Waals surface area contributed by atoms with Crippen molar-refractivity contribution in [2.45, 2.75) is 184 Å². The highest BCUT2D eigenvalue weighted by Crippen LogP contribution is 2.17. The largest absolute Gasteiger partial charge is 0.0856 e. The van der Waals surface area contributed by atoms with Crippen LogP contribution in [0.2, 0.25) is 0 Å². The molecule has 0 atom stereocenters. The molecule has 0 nitrogen and oxygen atoms in total. The van der Waals surface area contributed by atoms with Crippen molar-refractivity contribution in [1.82, 2.24) is 0 Å². The number of unbranched alkanes of at least 4 members (excludes halogenated alkanes) is 9. The monoisotopic (exact) mass is 551 g/mol. The van der Waals surface area contributed by atoms with Gasteiger partial charge in [-0.2, -0.15) is 0 Å². The van der Waals surface area contributed by atoms with Gasteiger partial charge in [0, 0.05) is 0 Å². The van der Waals surface area contributed by atoms with Crippen molar-refractivity contribution in [3.05, 3.63) is 69.9 Å². The van der Waals surface area contributed by atoms with Crippen LogP contribution in [0.3, 0.4) is 0 Å². The van der Waals surface area contributed by atoms with Gasteiger partial charge in [-0.1, -0.05) is 128 Å². The average molecular weight is 551 g/mol. The maximum Gasteiger partial charge on any atom is -0.0288 e. The molecule has 0 rings (SSSR count). The first-order valence-corrected chi connectivity index (χ1v) is 17.2. The van der Waals surface area contributed by atoms with E-state index >= 15 is 0 Å². The minimum atomic E-state index is 1.17. The summed E-state index contributed by atoms with van der Waals surface area (Å²) in [6.07, 6.45) is 40.6. The van der Waals surface area contributed by atoms with Gasteiger partial charge in [0.25, 0.3) is 0 Å². The van der Waals surface area contributed by atoms with E-state index in [-0.39, 0.29) is 0 Å². The number of allylic oxidation sites excluding steroid dienone is 12. The van der Waals surface area contributed by atoms with Crippen molar-refractivity contribution < 1.29 is 0 Å². The summed E-state index contributed by atoms with van der Waals surface area (Å²) in [4.78, 5) is 0. The van der Waals surface area contributed by atoms with E-state index in [1.165, 1.54) is 145 Å². The van der Waals surface area contributed by atoms with E-state index in [1.54, 1.807) is 16.7 Å². The molecule has 0 aromatic heterocycles. The number of hydrogen-bond donors (Lipinski definition) is 0. The van der Waals surface area contributed by atoms with E-state index in [4.69, 9.17) is 0 Å². The van der Waals surface area contributed by atoms with Gasteiger partial charge in [0.15, 0.2) is 0 Å². The summed E-state index contributed by atoms with van der Waals surface area (Å²) in [5.41, 5.74) is 9.19. The highest BCUT2D eigenvalue weighted by atomic mass is 14.0. The van der Waals surface area contributed by atoms with Crippen LogP contribution in [0.15, 0.2) is 69.9 Å². The van der Waals surface area contributed by atoms with Gasteiger partial charge in [0.2, 0.25) is 0 Å². The average Bonchev–Trinajstić information content (AvgIpc) is 2.90. The van der Waals surface area contributed by atoms with E-state index in [0.29, 0.717) is 0 Å². The lowest BCUT2D eigenvalue weighted by atomic mass is 10.0. The second kappa shape index (κ2) is 27.6. The molecular formula is C40H70. The molecule has 0 amide bonds. The van der Waals surface area contributed by atoms with E-state index < -0.39 is 0 Å². The molecule has 0 aliphatic heterocycles. The molecule has 0 spiro atoms. The summed E-state index contributed by atoms with van der Waals surface area (Å²) < 4.78 is 0. The molecular weight excluding hydrogens is 480 g/mol. The maximum absolute atomic E-state index is 2.49. The van der Waals surface area contributed by atoms with Crippen LogP contribution in [0.1, 0.15) is 184 Å². The second-order valence-electron chi connectivity index (χ2n) is 12.8. The Labute approximate surface area is 253 Å². The predicted octanol–water partition coefficient (Wildman–Crippen LogP) is 14.5. The van der Waals surface area contributed by atoms with Gasteiger partial charge >= 0.3 is 0 Å². The van der Waals surface area contributed by atoms with Crippen LogP contribution < -0.4 is 0 Å². The van der Waals surface area contributed by atoms with Crippen molar-refractivity contribution in [3.8, 4) is 0 Å². The zero-order valence-electron chi connectivity index (χ0n) is 28.6. The SMILES string of the molecule is CCCCCCCCCCCC(C)=CCCC(C)=CCCC(C)=CCCC=C(C)CCC=C(C)CCC=C(C)C. The number of hydrogen-bond acceptors (Lipinski definition) is 0. The summed E-state index contributed by atoms with van der Waals surface area (Å²) in [6.45, 7) is 18.2. The quantitative estimate of drug-likeness (QED) is 0.0783. The molecule has 0 aliphatic rings. The molecule has 40 heavy (non-hydrogen) atoms. The van der Waals surface area contributed by atoms with Crippen LogP contribution in [0, 0.1) is 0 Å². The summed E-state index contributed by atoms with van der Waals surface area (Å²) in [6, 6.07) is 0. The third-order valence-electron chi connectivity index (χ3n) is 8.01. The van der Waals surface area contributed by atoms with E-state index in [2.05, 4.69) is 91.8 Å². The molecule has 0 aliphatic carbocycles. The molecule has 0 bridgehead atoms. The normalized spacial score (nSPS) is 13.8. The van der Waals surface area contributed by atoms with Gasteiger partial charge in [-0.15, -0.1) is 0 Å². The van der Waals surface area contributed by atoms with E-state index in [9.17, 15) is 0 Å². The van der Waals surface area contributed by atoms with E-state index in [1.807, 2.05) is 0 Å². The van der Waals surface area contributed by atoms with Crippen molar-refractivity contribution in [2.24, 2.45) is 0 Å². The lowest BCUT2D eigenvalue weighted by Gasteiger charge is -2.04. The molecule has 0 heterocycles. The Hall–Kier alpha value is -1.56. The first kappa shape index (κ1) is 38.4. The Morgan fingerprint density at radius 2 is 0.625 bits per heavy atom. The van der Waals surface area contributed by atoms with Gasteiger partial charge in [-0.25, -0.2) is 0 Å². The van der Waals surface area contributed by atoms with Gasteiger partial charge in [-0.3, -0.25) is 0 Å². The second-order valence-corrected chi connectivity index (χ2v) is 12.8.